The Morgan fingerprint density at radius 3 is 2.29 bits per heavy atom. The van der Waals surface area contributed by atoms with Crippen molar-refractivity contribution in [1.82, 2.24) is 14.1 Å². The lowest BCUT2D eigenvalue weighted by molar-refractivity contribution is -0.116. The number of benzene rings is 3. The molecule has 0 unspecified atom stereocenters. The Morgan fingerprint density at radius 1 is 0.974 bits per heavy atom. The highest BCUT2D eigenvalue weighted by atomic mass is 32.2. The van der Waals surface area contributed by atoms with Gasteiger partial charge in [-0.1, -0.05) is 48.0 Å². The van der Waals surface area contributed by atoms with Crippen molar-refractivity contribution in [2.45, 2.75) is 11.8 Å². The summed E-state index contributed by atoms with van der Waals surface area (Å²) in [6, 6.07) is 25.1. The first-order valence-electron chi connectivity index (χ1n) is 12.0. The molecular formula is C28H30N4O5S. The van der Waals surface area contributed by atoms with Crippen molar-refractivity contribution in [3.63, 3.8) is 0 Å². The zero-order valence-electron chi connectivity index (χ0n) is 21.5. The molecule has 4 rings (SSSR count). The van der Waals surface area contributed by atoms with Gasteiger partial charge in [-0.05, 0) is 43.3 Å². The van der Waals surface area contributed by atoms with Crippen LogP contribution in [0, 0.1) is 6.92 Å². The van der Waals surface area contributed by atoms with Crippen molar-refractivity contribution in [3.05, 3.63) is 90.5 Å². The lowest BCUT2D eigenvalue weighted by atomic mass is 10.1. The van der Waals surface area contributed by atoms with E-state index in [1.807, 2.05) is 61.5 Å². The summed E-state index contributed by atoms with van der Waals surface area (Å²) in [4.78, 5) is 13.3. The van der Waals surface area contributed by atoms with Gasteiger partial charge in [-0.15, -0.1) is 0 Å². The SMILES string of the molecule is COCCN(CC(=O)Nc1cc(-c2ccccc2)nn1-c1ccc(C)cc1)S(=O)(=O)c1ccc(OC)cc1. The van der Waals surface area contributed by atoms with Gasteiger partial charge >= 0.3 is 0 Å². The zero-order valence-corrected chi connectivity index (χ0v) is 22.3. The van der Waals surface area contributed by atoms with Crippen molar-refractivity contribution >= 4 is 21.7 Å². The molecule has 38 heavy (non-hydrogen) atoms. The van der Waals surface area contributed by atoms with E-state index in [4.69, 9.17) is 14.6 Å². The van der Waals surface area contributed by atoms with Gasteiger partial charge in [-0.2, -0.15) is 9.40 Å². The predicted molar refractivity (Wildman–Crippen MR) is 146 cm³/mol. The maximum absolute atomic E-state index is 13.4. The Hall–Kier alpha value is -3.99. The zero-order chi connectivity index (χ0) is 27.1. The summed E-state index contributed by atoms with van der Waals surface area (Å²) in [5, 5.41) is 7.57. The fourth-order valence-corrected chi connectivity index (χ4v) is 5.20. The molecule has 0 radical (unpaired) electrons. The van der Waals surface area contributed by atoms with Crippen LogP contribution in [0.3, 0.4) is 0 Å². The minimum atomic E-state index is -3.98. The number of methoxy groups -OCH3 is 2. The fourth-order valence-electron chi connectivity index (χ4n) is 3.82. The summed E-state index contributed by atoms with van der Waals surface area (Å²) in [5.74, 6) is 0.445. The number of carbonyl (C=O) groups excluding carboxylic acids is 1. The minimum absolute atomic E-state index is 0.00473. The van der Waals surface area contributed by atoms with Gasteiger partial charge in [0.2, 0.25) is 15.9 Å². The van der Waals surface area contributed by atoms with Gasteiger partial charge in [0.05, 0.1) is 36.5 Å². The topological polar surface area (TPSA) is 103 Å². The van der Waals surface area contributed by atoms with E-state index in [9.17, 15) is 13.2 Å². The monoisotopic (exact) mass is 534 g/mol. The van der Waals surface area contributed by atoms with E-state index in [1.165, 1.54) is 26.4 Å². The highest BCUT2D eigenvalue weighted by molar-refractivity contribution is 7.89. The second-order valence-electron chi connectivity index (χ2n) is 8.58. The van der Waals surface area contributed by atoms with E-state index in [2.05, 4.69) is 5.32 Å². The lowest BCUT2D eigenvalue weighted by Crippen LogP contribution is -2.40. The van der Waals surface area contributed by atoms with Gasteiger partial charge in [0.15, 0.2) is 0 Å². The number of nitrogens with zero attached hydrogens (tertiary/aromatic N) is 3. The van der Waals surface area contributed by atoms with Crippen LogP contribution < -0.4 is 10.1 Å². The molecular weight excluding hydrogens is 504 g/mol. The van der Waals surface area contributed by atoms with Crippen LogP contribution in [0.2, 0.25) is 0 Å². The smallest absolute Gasteiger partial charge is 0.243 e. The number of amides is 1. The standard InChI is InChI=1S/C28H30N4O5S/c1-21-9-11-23(12-10-21)32-27(19-26(30-32)22-7-5-4-6-8-22)29-28(33)20-31(17-18-36-2)38(34,35)25-15-13-24(37-3)14-16-25/h4-16,19H,17-18,20H2,1-3H3,(H,29,33). The van der Waals surface area contributed by atoms with E-state index in [0.29, 0.717) is 17.3 Å². The Bertz CT molecular complexity index is 1470. The first-order chi connectivity index (χ1) is 18.3. The summed E-state index contributed by atoms with van der Waals surface area (Å²) < 4.78 is 39.7. The van der Waals surface area contributed by atoms with Gasteiger partial charge < -0.3 is 14.8 Å². The second-order valence-corrected chi connectivity index (χ2v) is 10.5. The molecule has 1 aromatic heterocycles. The third kappa shape index (κ3) is 6.28. The summed E-state index contributed by atoms with van der Waals surface area (Å²) in [5.41, 5.74) is 3.41. The molecule has 0 saturated heterocycles. The first kappa shape index (κ1) is 27.1. The summed E-state index contributed by atoms with van der Waals surface area (Å²) in [6.45, 7) is 1.72. The van der Waals surface area contributed by atoms with Crippen LogP contribution >= 0.6 is 0 Å². The molecule has 0 aliphatic rings. The van der Waals surface area contributed by atoms with Crippen LogP contribution in [-0.4, -0.2) is 62.3 Å². The van der Waals surface area contributed by atoms with Crippen LogP contribution in [0.25, 0.3) is 16.9 Å². The van der Waals surface area contributed by atoms with Crippen molar-refractivity contribution in [2.24, 2.45) is 0 Å². The Morgan fingerprint density at radius 2 is 1.66 bits per heavy atom. The van der Waals surface area contributed by atoms with Crippen LogP contribution in [0.5, 0.6) is 5.75 Å². The van der Waals surface area contributed by atoms with E-state index in [1.54, 1.807) is 22.9 Å². The van der Waals surface area contributed by atoms with Crippen molar-refractivity contribution < 1.29 is 22.7 Å². The van der Waals surface area contributed by atoms with Crippen LogP contribution in [0.1, 0.15) is 5.56 Å². The maximum Gasteiger partial charge on any atom is 0.243 e. The highest BCUT2D eigenvalue weighted by Gasteiger charge is 2.27. The summed E-state index contributed by atoms with van der Waals surface area (Å²) >= 11 is 0. The quantitative estimate of drug-likeness (QED) is 0.310. The molecule has 4 aromatic rings. The van der Waals surface area contributed by atoms with Crippen LogP contribution in [0.15, 0.2) is 89.8 Å². The van der Waals surface area contributed by atoms with Gasteiger partial charge in [-0.25, -0.2) is 13.1 Å². The molecule has 9 nitrogen and oxygen atoms in total. The van der Waals surface area contributed by atoms with Crippen molar-refractivity contribution in [2.75, 3.05) is 39.2 Å². The Balaban J connectivity index is 1.62. The molecule has 3 aromatic carbocycles. The van der Waals surface area contributed by atoms with E-state index in [-0.39, 0.29) is 18.0 Å². The lowest BCUT2D eigenvalue weighted by Gasteiger charge is -2.21. The average molecular weight is 535 g/mol. The Labute approximate surface area is 222 Å². The van der Waals surface area contributed by atoms with E-state index >= 15 is 0 Å². The number of hydrogen-bond acceptors (Lipinski definition) is 6. The maximum atomic E-state index is 13.4. The summed E-state index contributed by atoms with van der Waals surface area (Å²) in [7, 11) is -0.997. The molecule has 0 saturated carbocycles. The Kier molecular flexibility index (Phi) is 8.57. The molecule has 0 aliphatic carbocycles. The van der Waals surface area contributed by atoms with Crippen molar-refractivity contribution in [1.29, 1.82) is 0 Å². The molecule has 198 valence electrons. The molecule has 1 heterocycles. The van der Waals surface area contributed by atoms with Crippen LogP contribution in [-0.2, 0) is 19.6 Å². The van der Waals surface area contributed by atoms with Gasteiger partial charge in [-0.3, -0.25) is 4.79 Å². The predicted octanol–water partition coefficient (Wildman–Crippen LogP) is 4.13. The fraction of sp³-hybridized carbons (Fsp3) is 0.214. The van der Waals surface area contributed by atoms with Gasteiger partial charge in [0, 0.05) is 25.3 Å². The second kappa shape index (κ2) is 12.0. The molecule has 1 amide bonds. The molecule has 1 N–H and O–H groups in total. The average Bonchev–Trinajstić information content (AvgIpc) is 3.35. The number of carbonyl (C=O) groups is 1. The molecule has 0 atom stereocenters. The van der Waals surface area contributed by atoms with Gasteiger partial charge in [0.25, 0.3) is 0 Å². The normalized spacial score (nSPS) is 11.5. The number of rotatable bonds is 11. The number of hydrogen-bond donors (Lipinski definition) is 1. The highest BCUT2D eigenvalue weighted by Crippen LogP contribution is 2.25. The van der Waals surface area contributed by atoms with E-state index < -0.39 is 22.5 Å². The van der Waals surface area contributed by atoms with E-state index in [0.717, 1.165) is 21.1 Å². The number of aromatic nitrogens is 2. The number of ether oxygens (including phenoxy) is 2. The largest absolute Gasteiger partial charge is 0.497 e. The first-order valence-corrected chi connectivity index (χ1v) is 13.4. The number of sulfonamides is 1. The summed E-state index contributed by atoms with van der Waals surface area (Å²) in [6.07, 6.45) is 0. The third-order valence-corrected chi connectivity index (χ3v) is 7.75. The molecule has 0 spiro atoms. The number of anilines is 1. The van der Waals surface area contributed by atoms with Gasteiger partial charge in [0.1, 0.15) is 11.6 Å². The van der Waals surface area contributed by atoms with Crippen molar-refractivity contribution in [3.8, 4) is 22.7 Å². The molecule has 10 heteroatoms. The molecule has 0 fully saturated rings. The van der Waals surface area contributed by atoms with Crippen LogP contribution in [0.4, 0.5) is 5.82 Å². The molecule has 0 bridgehead atoms. The minimum Gasteiger partial charge on any atom is -0.497 e. The number of nitrogens with one attached hydrogen (secondary N) is 1. The third-order valence-electron chi connectivity index (χ3n) is 5.89. The number of aryl methyl sites for hydroxylation is 1. The molecule has 0 aliphatic heterocycles.